The van der Waals surface area contributed by atoms with Crippen LogP contribution in [0.15, 0.2) is 103 Å². The fourth-order valence-corrected chi connectivity index (χ4v) is 4.13. The zero-order chi connectivity index (χ0) is 19.7. The average Bonchev–Trinajstić information content (AvgIpc) is 3.00. The monoisotopic (exact) mass is 362 g/mol. The van der Waals surface area contributed by atoms with E-state index in [1.54, 1.807) is 0 Å². The van der Waals surface area contributed by atoms with Crippen molar-refractivity contribution in [2.24, 2.45) is 0 Å². The summed E-state index contributed by atoms with van der Waals surface area (Å²) in [5, 5.41) is 5.25. The van der Waals surface area contributed by atoms with Crippen LogP contribution in [0.1, 0.15) is 31.4 Å². The lowest BCUT2D eigenvalue weighted by Gasteiger charge is -2.08. The van der Waals surface area contributed by atoms with Gasteiger partial charge in [-0.25, -0.2) is 0 Å². The predicted molar refractivity (Wildman–Crippen MR) is 125 cm³/mol. The lowest BCUT2D eigenvalue weighted by molar-refractivity contribution is 1.28. The molecule has 0 saturated heterocycles. The summed E-state index contributed by atoms with van der Waals surface area (Å²) in [6, 6.07) is 17.8. The van der Waals surface area contributed by atoms with Crippen LogP contribution < -0.4 is 0 Å². The largest absolute Gasteiger partial charge is 0.0955 e. The molecule has 0 unspecified atom stereocenters. The maximum absolute atomic E-state index is 4.35. The van der Waals surface area contributed by atoms with Crippen molar-refractivity contribution in [3.8, 4) is 0 Å². The molecule has 0 amide bonds. The quantitative estimate of drug-likeness (QED) is 0.326. The molecular formula is C28H26. The van der Waals surface area contributed by atoms with E-state index in [9.17, 15) is 0 Å². The van der Waals surface area contributed by atoms with Gasteiger partial charge in [-0.2, -0.15) is 0 Å². The number of fused-ring (bicyclic) bond motifs is 4. The fourth-order valence-electron chi connectivity index (χ4n) is 4.13. The molecule has 0 radical (unpaired) electrons. The second kappa shape index (κ2) is 7.48. The molecule has 0 bridgehead atoms. The van der Waals surface area contributed by atoms with Gasteiger partial charge < -0.3 is 0 Å². The van der Waals surface area contributed by atoms with E-state index in [1.165, 1.54) is 49.4 Å². The molecule has 3 aromatic rings. The lowest BCUT2D eigenvalue weighted by Crippen LogP contribution is -1.85. The van der Waals surface area contributed by atoms with Gasteiger partial charge in [0.1, 0.15) is 0 Å². The van der Waals surface area contributed by atoms with Gasteiger partial charge in [-0.05, 0) is 88.2 Å². The maximum Gasteiger partial charge on any atom is -0.00192 e. The van der Waals surface area contributed by atoms with E-state index >= 15 is 0 Å². The Bertz CT molecular complexity index is 1200. The van der Waals surface area contributed by atoms with Crippen LogP contribution >= 0.6 is 0 Å². The molecule has 138 valence electrons. The second-order valence-corrected chi connectivity index (χ2v) is 7.59. The number of hydrogen-bond acceptors (Lipinski definition) is 0. The molecule has 0 fully saturated rings. The molecule has 1 aliphatic rings. The first-order valence-electron chi connectivity index (χ1n) is 9.90. The number of rotatable bonds is 4. The first-order valence-corrected chi connectivity index (χ1v) is 9.90. The van der Waals surface area contributed by atoms with Crippen molar-refractivity contribution in [3.63, 3.8) is 0 Å². The highest BCUT2D eigenvalue weighted by molar-refractivity contribution is 6.09. The Morgan fingerprint density at radius 1 is 1.04 bits per heavy atom. The van der Waals surface area contributed by atoms with E-state index < -0.39 is 0 Å². The Hall–Kier alpha value is -3.12. The summed E-state index contributed by atoms with van der Waals surface area (Å²) < 4.78 is 0. The van der Waals surface area contributed by atoms with Crippen molar-refractivity contribution in [3.05, 3.63) is 114 Å². The van der Waals surface area contributed by atoms with Gasteiger partial charge in [0, 0.05) is 0 Å². The average molecular weight is 363 g/mol. The van der Waals surface area contributed by atoms with Crippen molar-refractivity contribution in [2.45, 2.75) is 26.7 Å². The van der Waals surface area contributed by atoms with Gasteiger partial charge in [0.25, 0.3) is 0 Å². The van der Waals surface area contributed by atoms with Crippen LogP contribution in [0.5, 0.6) is 0 Å². The van der Waals surface area contributed by atoms with Gasteiger partial charge in [-0.15, -0.1) is 0 Å². The minimum absolute atomic E-state index is 0.885. The molecule has 0 heterocycles. The minimum atomic E-state index is 0.885. The molecule has 0 N–H and O–H groups in total. The summed E-state index contributed by atoms with van der Waals surface area (Å²) in [6.45, 7) is 12.5. The smallest absolute Gasteiger partial charge is 0.00192 e. The Labute approximate surface area is 167 Å². The molecule has 0 spiro atoms. The van der Waals surface area contributed by atoms with Crippen molar-refractivity contribution in [1.29, 1.82) is 0 Å². The minimum Gasteiger partial charge on any atom is -0.0955 e. The standard InChI is InChI=1S/C28H26/c1-5-9-21(19(2)3)11-8-13-25-20(4)16-24-18-27-23(17-28(24)25)15-14-22-10-6-7-12-26(22)27/h5-7,9-15,17-18H,2,4,8,16H2,1,3H3/b9-5-,21-11-,25-13+. The molecule has 0 aromatic heterocycles. The number of hydrogen-bond donors (Lipinski definition) is 0. The summed E-state index contributed by atoms with van der Waals surface area (Å²) in [4.78, 5) is 0. The third kappa shape index (κ3) is 3.27. The lowest BCUT2D eigenvalue weighted by atomic mass is 9.96. The third-order valence-electron chi connectivity index (χ3n) is 5.54. The number of allylic oxidation sites excluding steroid dienone is 8. The molecule has 28 heavy (non-hydrogen) atoms. The Morgan fingerprint density at radius 3 is 2.61 bits per heavy atom. The Morgan fingerprint density at radius 2 is 1.82 bits per heavy atom. The summed E-state index contributed by atoms with van der Waals surface area (Å²) in [5.74, 6) is 0. The molecule has 0 saturated carbocycles. The van der Waals surface area contributed by atoms with E-state index in [-0.39, 0.29) is 0 Å². The van der Waals surface area contributed by atoms with Crippen LogP contribution in [0.4, 0.5) is 0 Å². The summed E-state index contributed by atoms with van der Waals surface area (Å²) in [7, 11) is 0. The van der Waals surface area contributed by atoms with E-state index in [0.29, 0.717) is 0 Å². The van der Waals surface area contributed by atoms with Gasteiger partial charge in [0.15, 0.2) is 0 Å². The zero-order valence-electron chi connectivity index (χ0n) is 16.8. The topological polar surface area (TPSA) is 0 Å². The van der Waals surface area contributed by atoms with Crippen molar-refractivity contribution < 1.29 is 0 Å². The van der Waals surface area contributed by atoms with Gasteiger partial charge in [0.05, 0.1) is 0 Å². The fraction of sp³-hybridized carbons (Fsp3) is 0.143. The first kappa shape index (κ1) is 18.3. The van der Waals surface area contributed by atoms with Crippen molar-refractivity contribution in [1.82, 2.24) is 0 Å². The van der Waals surface area contributed by atoms with Crippen LogP contribution in [-0.4, -0.2) is 0 Å². The highest BCUT2D eigenvalue weighted by Crippen LogP contribution is 2.40. The Balaban J connectivity index is 1.77. The van der Waals surface area contributed by atoms with Gasteiger partial charge in [0.2, 0.25) is 0 Å². The molecule has 1 aliphatic carbocycles. The third-order valence-corrected chi connectivity index (χ3v) is 5.54. The van der Waals surface area contributed by atoms with E-state index in [2.05, 4.69) is 92.9 Å². The maximum atomic E-state index is 4.35. The molecule has 4 rings (SSSR count). The van der Waals surface area contributed by atoms with E-state index in [4.69, 9.17) is 0 Å². The molecule has 0 aliphatic heterocycles. The van der Waals surface area contributed by atoms with Crippen LogP contribution in [0, 0.1) is 0 Å². The molecule has 0 nitrogen and oxygen atoms in total. The predicted octanol–water partition coefficient (Wildman–Crippen LogP) is 7.96. The molecule has 0 heteroatoms. The summed E-state index contributed by atoms with van der Waals surface area (Å²) in [5.41, 5.74) is 7.53. The molecular weight excluding hydrogens is 336 g/mol. The zero-order valence-corrected chi connectivity index (χ0v) is 16.8. The normalized spacial score (nSPS) is 15.9. The summed E-state index contributed by atoms with van der Waals surface area (Å²) >= 11 is 0. The molecule has 0 atom stereocenters. The van der Waals surface area contributed by atoms with E-state index in [0.717, 1.165) is 18.4 Å². The van der Waals surface area contributed by atoms with Gasteiger partial charge in [-0.1, -0.05) is 79.4 Å². The van der Waals surface area contributed by atoms with Crippen molar-refractivity contribution in [2.75, 3.05) is 0 Å². The van der Waals surface area contributed by atoms with Gasteiger partial charge >= 0.3 is 0 Å². The van der Waals surface area contributed by atoms with E-state index in [1.807, 2.05) is 6.92 Å². The van der Waals surface area contributed by atoms with Crippen LogP contribution in [0.25, 0.3) is 27.1 Å². The highest BCUT2D eigenvalue weighted by atomic mass is 14.2. The van der Waals surface area contributed by atoms with Gasteiger partial charge in [-0.3, -0.25) is 0 Å². The second-order valence-electron chi connectivity index (χ2n) is 7.59. The van der Waals surface area contributed by atoms with Crippen LogP contribution in [0.3, 0.4) is 0 Å². The van der Waals surface area contributed by atoms with Crippen LogP contribution in [-0.2, 0) is 6.42 Å². The number of benzene rings is 3. The first-order chi connectivity index (χ1) is 13.6. The highest BCUT2D eigenvalue weighted by Gasteiger charge is 2.20. The molecule has 3 aromatic carbocycles. The van der Waals surface area contributed by atoms with Crippen LogP contribution in [0.2, 0.25) is 0 Å². The SMILES string of the molecule is C=C(C)C(/C=C\C)=C\C/C=C1\C(=C)Cc2cc3c(ccc4ccccc43)cc21. The summed E-state index contributed by atoms with van der Waals surface area (Å²) in [6.07, 6.45) is 10.6. The van der Waals surface area contributed by atoms with Crippen molar-refractivity contribution >= 4 is 27.1 Å². The Kier molecular flexibility index (Phi) is 4.88.